The van der Waals surface area contributed by atoms with Crippen LogP contribution in [0.2, 0.25) is 0 Å². The number of nitrogens with one attached hydrogen (secondary N) is 1. The van der Waals surface area contributed by atoms with Gasteiger partial charge in [-0.2, -0.15) is 4.39 Å². The summed E-state index contributed by atoms with van der Waals surface area (Å²) < 4.78 is 37.0. The van der Waals surface area contributed by atoms with Crippen molar-refractivity contribution in [3.63, 3.8) is 0 Å². The first-order valence-corrected chi connectivity index (χ1v) is 6.65. The lowest BCUT2D eigenvalue weighted by atomic mass is 10.2. The molecule has 0 saturated carbocycles. The summed E-state index contributed by atoms with van der Waals surface area (Å²) in [5.74, 6) is -1.23. The zero-order valence-electron chi connectivity index (χ0n) is 10.5. The number of halogens is 1. The standard InChI is InChI=1S/C10H13FN2O5S/c1-10(2,3)18-12-19(16,17)8-6-4-5-7(11)9(8)13(14)15/h4-6,12H,1-3H3. The lowest BCUT2D eigenvalue weighted by molar-refractivity contribution is -0.390. The van der Waals surface area contributed by atoms with Crippen molar-refractivity contribution < 1.29 is 22.6 Å². The van der Waals surface area contributed by atoms with Gasteiger partial charge in [-0.25, -0.2) is 8.42 Å². The summed E-state index contributed by atoms with van der Waals surface area (Å²) in [7, 11) is -4.35. The van der Waals surface area contributed by atoms with Crippen LogP contribution in [-0.2, 0) is 14.9 Å². The van der Waals surface area contributed by atoms with Crippen LogP contribution < -0.4 is 4.89 Å². The van der Waals surface area contributed by atoms with Gasteiger partial charge in [0.2, 0.25) is 5.82 Å². The molecule has 0 heterocycles. The second-order valence-electron chi connectivity index (χ2n) is 4.64. The van der Waals surface area contributed by atoms with Crippen molar-refractivity contribution in [2.45, 2.75) is 31.3 Å². The molecule has 0 bridgehead atoms. The van der Waals surface area contributed by atoms with Crippen molar-refractivity contribution in [3.05, 3.63) is 34.1 Å². The molecule has 0 fully saturated rings. The van der Waals surface area contributed by atoms with Crippen LogP contribution in [0.15, 0.2) is 23.1 Å². The van der Waals surface area contributed by atoms with E-state index in [1.807, 2.05) is 0 Å². The SMILES string of the molecule is CC(C)(C)ONS(=O)(=O)c1cccc(F)c1[N+](=O)[O-]. The molecule has 0 atom stereocenters. The van der Waals surface area contributed by atoms with Crippen molar-refractivity contribution in [1.29, 1.82) is 0 Å². The minimum atomic E-state index is -4.35. The highest BCUT2D eigenvalue weighted by molar-refractivity contribution is 7.89. The van der Waals surface area contributed by atoms with Gasteiger partial charge in [0, 0.05) is 0 Å². The zero-order valence-corrected chi connectivity index (χ0v) is 11.3. The van der Waals surface area contributed by atoms with Gasteiger partial charge < -0.3 is 0 Å². The maximum Gasteiger partial charge on any atom is 0.324 e. The molecule has 0 saturated heterocycles. The highest BCUT2D eigenvalue weighted by Crippen LogP contribution is 2.26. The number of sulfonamides is 1. The second-order valence-corrected chi connectivity index (χ2v) is 6.26. The molecule has 19 heavy (non-hydrogen) atoms. The van der Waals surface area contributed by atoms with Gasteiger partial charge in [-0.3, -0.25) is 15.0 Å². The molecule has 1 N–H and O–H groups in total. The summed E-state index contributed by atoms with van der Waals surface area (Å²) in [5, 5.41) is 10.7. The Morgan fingerprint density at radius 1 is 1.37 bits per heavy atom. The van der Waals surface area contributed by atoms with Crippen LogP contribution in [-0.4, -0.2) is 18.9 Å². The zero-order chi connectivity index (χ0) is 14.8. The predicted octanol–water partition coefficient (Wildman–Crippen LogP) is 1.74. The summed E-state index contributed by atoms with van der Waals surface area (Å²) in [4.78, 5) is 15.4. The molecule has 0 aliphatic rings. The van der Waals surface area contributed by atoms with Gasteiger partial charge in [-0.05, 0) is 32.9 Å². The Morgan fingerprint density at radius 2 is 1.95 bits per heavy atom. The van der Waals surface area contributed by atoms with Crippen molar-refractivity contribution >= 4 is 15.7 Å². The lowest BCUT2D eigenvalue weighted by Gasteiger charge is -2.19. The summed E-state index contributed by atoms with van der Waals surface area (Å²) in [6, 6.07) is 2.80. The average molecular weight is 292 g/mol. The van der Waals surface area contributed by atoms with Crippen molar-refractivity contribution in [3.8, 4) is 0 Å². The maximum atomic E-state index is 13.3. The molecule has 0 spiro atoms. The molecule has 7 nitrogen and oxygen atoms in total. The van der Waals surface area contributed by atoms with Crippen LogP contribution in [0.1, 0.15) is 20.8 Å². The molecule has 0 unspecified atom stereocenters. The van der Waals surface area contributed by atoms with Gasteiger partial charge in [0.05, 0.1) is 10.5 Å². The lowest BCUT2D eigenvalue weighted by Crippen LogP contribution is -2.34. The Balaban J connectivity index is 3.23. The molecule has 0 radical (unpaired) electrons. The van der Waals surface area contributed by atoms with Crippen LogP contribution >= 0.6 is 0 Å². The first kappa shape index (κ1) is 15.5. The third-order valence-electron chi connectivity index (χ3n) is 1.88. The van der Waals surface area contributed by atoms with E-state index in [1.54, 1.807) is 25.7 Å². The fourth-order valence-electron chi connectivity index (χ4n) is 1.11. The Morgan fingerprint density at radius 3 is 2.42 bits per heavy atom. The highest BCUT2D eigenvalue weighted by Gasteiger charge is 2.30. The number of rotatable bonds is 4. The van der Waals surface area contributed by atoms with Crippen LogP contribution in [0.5, 0.6) is 0 Å². The number of nitro benzene ring substituents is 1. The topological polar surface area (TPSA) is 98.5 Å². The number of benzene rings is 1. The van der Waals surface area contributed by atoms with E-state index in [-0.39, 0.29) is 0 Å². The number of hydrogen-bond acceptors (Lipinski definition) is 5. The molecular weight excluding hydrogens is 279 g/mol. The van der Waals surface area contributed by atoms with E-state index in [0.29, 0.717) is 0 Å². The number of para-hydroxylation sites is 1. The van der Waals surface area contributed by atoms with E-state index >= 15 is 0 Å². The predicted molar refractivity (Wildman–Crippen MR) is 64.2 cm³/mol. The molecule has 106 valence electrons. The van der Waals surface area contributed by atoms with Gasteiger partial charge in [0.15, 0.2) is 4.90 Å². The minimum absolute atomic E-state index is 0.790. The molecule has 0 amide bonds. The summed E-state index contributed by atoms with van der Waals surface area (Å²) in [6.45, 7) is 4.74. The van der Waals surface area contributed by atoms with Gasteiger partial charge >= 0.3 is 5.69 Å². The minimum Gasteiger partial charge on any atom is -0.281 e. The van der Waals surface area contributed by atoms with E-state index in [9.17, 15) is 22.9 Å². The molecule has 0 aliphatic heterocycles. The van der Waals surface area contributed by atoms with Gasteiger partial charge in [0.1, 0.15) is 0 Å². The number of nitro groups is 1. The van der Waals surface area contributed by atoms with Gasteiger partial charge in [0.25, 0.3) is 10.0 Å². The monoisotopic (exact) mass is 292 g/mol. The Bertz CT molecular complexity index is 594. The fraction of sp³-hybridized carbons (Fsp3) is 0.400. The number of nitrogens with zero attached hydrogens (tertiary/aromatic N) is 1. The van der Waals surface area contributed by atoms with Gasteiger partial charge in [-0.15, -0.1) is 0 Å². The molecule has 1 rings (SSSR count). The summed E-state index contributed by atoms with van der Waals surface area (Å²) >= 11 is 0. The van der Waals surface area contributed by atoms with Crippen molar-refractivity contribution in [1.82, 2.24) is 4.89 Å². The highest BCUT2D eigenvalue weighted by atomic mass is 32.2. The smallest absolute Gasteiger partial charge is 0.281 e. The molecule has 0 aromatic heterocycles. The van der Waals surface area contributed by atoms with Crippen molar-refractivity contribution in [2.24, 2.45) is 0 Å². The molecule has 1 aromatic rings. The van der Waals surface area contributed by atoms with Crippen LogP contribution in [0, 0.1) is 15.9 Å². The summed E-state index contributed by atoms with van der Waals surface area (Å²) in [6.07, 6.45) is 0. The fourth-order valence-corrected chi connectivity index (χ4v) is 2.25. The average Bonchev–Trinajstić information content (AvgIpc) is 2.25. The van der Waals surface area contributed by atoms with E-state index in [2.05, 4.69) is 0 Å². The Kier molecular flexibility index (Phi) is 4.23. The van der Waals surface area contributed by atoms with E-state index in [0.717, 1.165) is 18.2 Å². The van der Waals surface area contributed by atoms with E-state index < -0.39 is 36.9 Å². The quantitative estimate of drug-likeness (QED) is 0.673. The largest absolute Gasteiger partial charge is 0.324 e. The summed E-state index contributed by atoms with van der Waals surface area (Å²) in [5.41, 5.74) is -1.96. The van der Waals surface area contributed by atoms with E-state index in [4.69, 9.17) is 4.84 Å². The molecule has 0 aliphatic carbocycles. The maximum absolute atomic E-state index is 13.3. The van der Waals surface area contributed by atoms with E-state index in [1.165, 1.54) is 0 Å². The van der Waals surface area contributed by atoms with Crippen LogP contribution in [0.25, 0.3) is 0 Å². The second kappa shape index (κ2) is 5.19. The van der Waals surface area contributed by atoms with Crippen LogP contribution in [0.3, 0.4) is 0 Å². The number of hydrogen-bond donors (Lipinski definition) is 1. The Hall–Kier alpha value is -1.58. The molecule has 9 heteroatoms. The third kappa shape index (κ3) is 3.94. The first-order chi connectivity index (χ1) is 8.54. The Labute approximate surface area is 109 Å². The van der Waals surface area contributed by atoms with Crippen molar-refractivity contribution in [2.75, 3.05) is 0 Å². The first-order valence-electron chi connectivity index (χ1n) is 5.17. The van der Waals surface area contributed by atoms with Crippen LogP contribution in [0.4, 0.5) is 10.1 Å². The molecule has 1 aromatic carbocycles. The third-order valence-corrected chi connectivity index (χ3v) is 3.09. The van der Waals surface area contributed by atoms with Gasteiger partial charge in [-0.1, -0.05) is 11.0 Å². The molecular formula is C10H13FN2O5S. The normalized spacial score (nSPS) is 12.4.